The molecule has 0 aliphatic rings. The molecule has 0 aliphatic heterocycles. The summed E-state index contributed by atoms with van der Waals surface area (Å²) < 4.78 is 5.22. The second-order valence-electron chi connectivity index (χ2n) is 8.40. The summed E-state index contributed by atoms with van der Waals surface area (Å²) in [7, 11) is 7.18. The van der Waals surface area contributed by atoms with Gasteiger partial charge in [-0.25, -0.2) is 4.98 Å². The molecule has 3 N–H and O–H groups in total. The Labute approximate surface area is 234 Å². The standard InChI is InChI=1S/C28H33Cl2N7O/c1-31-13-20(17-38-5)35-15-23(33-3)21-10-6-8-18(26(21)29)12-19-9-7-11-22(27(19)30)24-16-36-25(14-32-2)28(34-4)37-24/h6-11,15-16,31-32H,3,12-14,17H2,1-2,4-5H3,(H,34,37)/b23-15-,35-20?. The smallest absolute Gasteiger partial charge is 0.149 e. The summed E-state index contributed by atoms with van der Waals surface area (Å²) in [6.45, 7) is 5.32. The van der Waals surface area contributed by atoms with Gasteiger partial charge in [0.05, 0.1) is 51.8 Å². The van der Waals surface area contributed by atoms with Gasteiger partial charge in [-0.2, -0.15) is 0 Å². The van der Waals surface area contributed by atoms with Gasteiger partial charge in [0.15, 0.2) is 0 Å². The van der Waals surface area contributed by atoms with Crippen molar-refractivity contribution in [2.24, 2.45) is 9.98 Å². The van der Waals surface area contributed by atoms with Gasteiger partial charge in [-0.3, -0.25) is 15.0 Å². The normalized spacial score (nSPS) is 12.1. The molecular formula is C28H33Cl2N7O. The molecule has 1 aromatic heterocycles. The third-order valence-electron chi connectivity index (χ3n) is 5.75. The summed E-state index contributed by atoms with van der Waals surface area (Å²) in [6, 6.07) is 11.7. The van der Waals surface area contributed by atoms with E-state index >= 15 is 0 Å². The van der Waals surface area contributed by atoms with E-state index in [4.69, 9.17) is 32.9 Å². The Morgan fingerprint density at radius 1 is 1.05 bits per heavy atom. The van der Waals surface area contributed by atoms with Gasteiger partial charge in [0.25, 0.3) is 0 Å². The summed E-state index contributed by atoms with van der Waals surface area (Å²) in [6.07, 6.45) is 3.92. The van der Waals surface area contributed by atoms with Gasteiger partial charge in [0.2, 0.25) is 0 Å². The highest BCUT2D eigenvalue weighted by Crippen LogP contribution is 2.34. The Morgan fingerprint density at radius 3 is 2.45 bits per heavy atom. The molecule has 0 amide bonds. The van der Waals surface area contributed by atoms with Crippen molar-refractivity contribution in [3.8, 4) is 11.3 Å². The molecule has 0 fully saturated rings. The topological polar surface area (TPSA) is 95.8 Å². The van der Waals surface area contributed by atoms with E-state index in [-0.39, 0.29) is 0 Å². The van der Waals surface area contributed by atoms with Crippen LogP contribution in [0.4, 0.5) is 5.82 Å². The largest absolute Gasteiger partial charge is 0.379 e. The molecule has 38 heavy (non-hydrogen) atoms. The molecule has 0 saturated carbocycles. The van der Waals surface area contributed by atoms with Crippen LogP contribution >= 0.6 is 23.2 Å². The van der Waals surface area contributed by atoms with Crippen LogP contribution in [0.2, 0.25) is 10.0 Å². The van der Waals surface area contributed by atoms with E-state index in [0.717, 1.165) is 33.7 Å². The molecule has 200 valence electrons. The maximum absolute atomic E-state index is 6.90. The molecule has 0 atom stereocenters. The predicted molar refractivity (Wildman–Crippen MR) is 160 cm³/mol. The van der Waals surface area contributed by atoms with Crippen molar-refractivity contribution >= 4 is 47.1 Å². The van der Waals surface area contributed by atoms with Crippen LogP contribution in [0.25, 0.3) is 17.0 Å². The molecule has 0 unspecified atom stereocenters. The monoisotopic (exact) mass is 553 g/mol. The zero-order valence-corrected chi connectivity index (χ0v) is 23.6. The van der Waals surface area contributed by atoms with Crippen molar-refractivity contribution in [3.63, 3.8) is 0 Å². The predicted octanol–water partition coefficient (Wildman–Crippen LogP) is 5.11. The minimum atomic E-state index is 0.406. The minimum absolute atomic E-state index is 0.406. The molecule has 0 saturated heterocycles. The second-order valence-corrected chi connectivity index (χ2v) is 9.15. The lowest BCUT2D eigenvalue weighted by atomic mass is 9.99. The first-order valence-corrected chi connectivity index (χ1v) is 12.8. The van der Waals surface area contributed by atoms with Crippen LogP contribution in [0, 0.1) is 0 Å². The molecule has 0 aliphatic carbocycles. The third-order valence-corrected chi connectivity index (χ3v) is 6.64. The fourth-order valence-corrected chi connectivity index (χ4v) is 4.51. The summed E-state index contributed by atoms with van der Waals surface area (Å²) in [5.41, 5.74) is 6.28. The van der Waals surface area contributed by atoms with Crippen LogP contribution in [0.1, 0.15) is 22.4 Å². The average molecular weight is 555 g/mol. The van der Waals surface area contributed by atoms with Gasteiger partial charge >= 0.3 is 0 Å². The summed E-state index contributed by atoms with van der Waals surface area (Å²) in [5, 5.41) is 10.5. The minimum Gasteiger partial charge on any atom is -0.379 e. The van der Waals surface area contributed by atoms with Gasteiger partial charge < -0.3 is 20.7 Å². The van der Waals surface area contributed by atoms with Crippen molar-refractivity contribution in [2.75, 3.05) is 46.7 Å². The second kappa shape index (κ2) is 14.7. The number of hydrogen-bond donors (Lipinski definition) is 3. The van der Waals surface area contributed by atoms with Crippen LogP contribution in [0.5, 0.6) is 0 Å². The Kier molecular flexibility index (Phi) is 11.4. The average Bonchev–Trinajstić information content (AvgIpc) is 2.92. The number of nitrogens with zero attached hydrogens (tertiary/aromatic N) is 4. The number of hydrogen-bond acceptors (Lipinski definition) is 8. The highest BCUT2D eigenvalue weighted by Gasteiger charge is 2.16. The van der Waals surface area contributed by atoms with Gasteiger partial charge in [-0.15, -0.1) is 0 Å². The van der Waals surface area contributed by atoms with Gasteiger partial charge in [0, 0.05) is 44.8 Å². The molecule has 10 heteroatoms. The van der Waals surface area contributed by atoms with Crippen LogP contribution in [0.3, 0.4) is 0 Å². The first-order chi connectivity index (χ1) is 18.5. The van der Waals surface area contributed by atoms with Gasteiger partial charge in [-0.05, 0) is 31.9 Å². The van der Waals surface area contributed by atoms with Crippen LogP contribution in [-0.2, 0) is 17.7 Å². The quantitative estimate of drug-likeness (QED) is 0.254. The number of anilines is 1. The van der Waals surface area contributed by atoms with Crippen molar-refractivity contribution in [2.45, 2.75) is 13.0 Å². The van der Waals surface area contributed by atoms with Gasteiger partial charge in [-0.1, -0.05) is 59.6 Å². The first-order valence-electron chi connectivity index (χ1n) is 12.1. The van der Waals surface area contributed by atoms with Crippen molar-refractivity contribution in [3.05, 3.63) is 81.2 Å². The molecule has 0 spiro atoms. The van der Waals surface area contributed by atoms with Crippen molar-refractivity contribution < 1.29 is 4.74 Å². The number of halogens is 2. The zero-order chi connectivity index (χ0) is 27.5. The van der Waals surface area contributed by atoms with Crippen molar-refractivity contribution in [1.82, 2.24) is 20.6 Å². The zero-order valence-electron chi connectivity index (χ0n) is 22.1. The number of benzene rings is 2. The lowest BCUT2D eigenvalue weighted by Gasteiger charge is -2.14. The maximum atomic E-state index is 6.90. The summed E-state index contributed by atoms with van der Waals surface area (Å²) >= 11 is 13.8. The maximum Gasteiger partial charge on any atom is 0.149 e. The Balaban J connectivity index is 1.95. The Hall–Kier alpha value is -3.14. The number of aromatic nitrogens is 2. The van der Waals surface area contributed by atoms with E-state index in [1.807, 2.05) is 57.5 Å². The Morgan fingerprint density at radius 2 is 1.79 bits per heavy atom. The molecule has 1 heterocycles. The highest BCUT2D eigenvalue weighted by molar-refractivity contribution is 6.34. The van der Waals surface area contributed by atoms with E-state index in [1.54, 1.807) is 19.5 Å². The number of aliphatic imine (C=N–C) groups is 2. The van der Waals surface area contributed by atoms with E-state index in [2.05, 4.69) is 37.6 Å². The molecular weight excluding hydrogens is 521 g/mol. The number of rotatable bonds is 13. The molecule has 0 radical (unpaired) electrons. The number of ether oxygens (including phenoxy) is 1. The first kappa shape index (κ1) is 29.4. The molecule has 3 aromatic rings. The van der Waals surface area contributed by atoms with E-state index in [1.165, 1.54) is 0 Å². The highest BCUT2D eigenvalue weighted by atomic mass is 35.5. The van der Waals surface area contributed by atoms with E-state index in [0.29, 0.717) is 53.4 Å². The summed E-state index contributed by atoms with van der Waals surface area (Å²) in [4.78, 5) is 18.0. The molecule has 0 bridgehead atoms. The lowest BCUT2D eigenvalue weighted by Crippen LogP contribution is -2.22. The number of methoxy groups -OCH3 is 1. The Bertz CT molecular complexity index is 1320. The van der Waals surface area contributed by atoms with Crippen LogP contribution in [0.15, 0.2) is 58.8 Å². The molecule has 2 aromatic carbocycles. The van der Waals surface area contributed by atoms with E-state index < -0.39 is 0 Å². The third kappa shape index (κ3) is 7.24. The fourth-order valence-electron chi connectivity index (χ4n) is 3.93. The lowest BCUT2D eigenvalue weighted by molar-refractivity contribution is 0.244. The summed E-state index contributed by atoms with van der Waals surface area (Å²) in [5.74, 6) is 0.705. The van der Waals surface area contributed by atoms with Gasteiger partial charge in [0.1, 0.15) is 5.82 Å². The van der Waals surface area contributed by atoms with E-state index in [9.17, 15) is 0 Å². The van der Waals surface area contributed by atoms with Crippen LogP contribution < -0.4 is 16.0 Å². The van der Waals surface area contributed by atoms with Crippen LogP contribution in [-0.4, -0.2) is 63.8 Å². The van der Waals surface area contributed by atoms with Crippen molar-refractivity contribution in [1.29, 1.82) is 0 Å². The molecule has 3 rings (SSSR count). The molecule has 8 nitrogen and oxygen atoms in total. The number of nitrogens with one attached hydrogen (secondary N) is 3. The SMILES string of the molecule is C=N/C(=C\N=C(CNC)COC)c1cccc(Cc2cccc(-c3cnc(CNC)c(NC)n3)c2Cl)c1Cl. The fraction of sp³-hybridized carbons (Fsp3) is 0.286.